The minimum atomic E-state index is 0.578. The molecule has 0 atom stereocenters. The van der Waals surface area contributed by atoms with Gasteiger partial charge in [0.05, 0.1) is 16.4 Å². The lowest BCUT2D eigenvalue weighted by atomic mass is 10.2. The van der Waals surface area contributed by atoms with Gasteiger partial charge in [0.2, 0.25) is 5.95 Å². The summed E-state index contributed by atoms with van der Waals surface area (Å²) in [5, 5.41) is 4.19. The Morgan fingerprint density at radius 1 is 1.33 bits per heavy atom. The van der Waals surface area contributed by atoms with E-state index >= 15 is 0 Å². The normalized spacial score (nSPS) is 14.8. The van der Waals surface area contributed by atoms with Crippen LogP contribution in [0.25, 0.3) is 5.69 Å². The third kappa shape index (κ3) is 2.23. The summed E-state index contributed by atoms with van der Waals surface area (Å²) in [7, 11) is 0. The predicted molar refractivity (Wildman–Crippen MR) is 74.7 cm³/mol. The number of rotatable bonds is 3. The number of nitrogens with one attached hydrogen (secondary N) is 1. The van der Waals surface area contributed by atoms with E-state index in [1.807, 2.05) is 29.8 Å². The van der Waals surface area contributed by atoms with E-state index in [1.165, 1.54) is 18.4 Å². The molecule has 4 heteroatoms. The van der Waals surface area contributed by atoms with E-state index in [2.05, 4.69) is 23.3 Å². The highest BCUT2D eigenvalue weighted by Crippen LogP contribution is 2.29. The lowest BCUT2D eigenvalue weighted by molar-refractivity contribution is 1.00. The maximum Gasteiger partial charge on any atom is 0.208 e. The Labute approximate surface area is 112 Å². The minimum absolute atomic E-state index is 0.578. The van der Waals surface area contributed by atoms with Crippen LogP contribution >= 0.6 is 11.6 Å². The van der Waals surface area contributed by atoms with E-state index in [1.54, 1.807) is 0 Å². The molecule has 1 heterocycles. The Kier molecular flexibility index (Phi) is 2.78. The van der Waals surface area contributed by atoms with Crippen molar-refractivity contribution in [1.29, 1.82) is 0 Å². The number of aryl methyl sites for hydroxylation is 2. The smallest absolute Gasteiger partial charge is 0.208 e. The first-order valence-electron chi connectivity index (χ1n) is 6.22. The summed E-state index contributed by atoms with van der Waals surface area (Å²) in [6.07, 6.45) is 4.48. The van der Waals surface area contributed by atoms with Gasteiger partial charge in [0.15, 0.2) is 0 Å². The van der Waals surface area contributed by atoms with Crippen LogP contribution in [-0.4, -0.2) is 15.6 Å². The largest absolute Gasteiger partial charge is 0.353 e. The third-order valence-electron chi connectivity index (χ3n) is 3.10. The van der Waals surface area contributed by atoms with Crippen molar-refractivity contribution in [3.8, 4) is 5.69 Å². The van der Waals surface area contributed by atoms with Gasteiger partial charge in [0, 0.05) is 12.2 Å². The SMILES string of the molecule is Cc1ccc(Cl)c(-n2cc(C)nc2NC2CC2)c1. The van der Waals surface area contributed by atoms with Crippen molar-refractivity contribution in [2.75, 3.05) is 5.32 Å². The Bertz CT molecular complexity index is 585. The number of aromatic nitrogens is 2. The van der Waals surface area contributed by atoms with Crippen LogP contribution in [0, 0.1) is 13.8 Å². The molecular formula is C14H16ClN3. The van der Waals surface area contributed by atoms with Crippen LogP contribution in [0.4, 0.5) is 5.95 Å². The zero-order valence-corrected chi connectivity index (χ0v) is 11.3. The fourth-order valence-electron chi connectivity index (χ4n) is 2.00. The second kappa shape index (κ2) is 4.32. The summed E-state index contributed by atoms with van der Waals surface area (Å²) in [5.41, 5.74) is 3.18. The van der Waals surface area contributed by atoms with Crippen LogP contribution in [0.3, 0.4) is 0 Å². The van der Waals surface area contributed by atoms with Crippen LogP contribution in [0.5, 0.6) is 0 Å². The van der Waals surface area contributed by atoms with Gasteiger partial charge in [-0.3, -0.25) is 4.57 Å². The van der Waals surface area contributed by atoms with Crippen molar-refractivity contribution >= 4 is 17.5 Å². The summed E-state index contributed by atoms with van der Waals surface area (Å²) >= 11 is 6.29. The molecular weight excluding hydrogens is 246 g/mol. The zero-order chi connectivity index (χ0) is 12.7. The van der Waals surface area contributed by atoms with Gasteiger partial charge in [-0.05, 0) is 44.4 Å². The fraction of sp³-hybridized carbons (Fsp3) is 0.357. The molecule has 0 amide bonds. The van der Waals surface area contributed by atoms with Gasteiger partial charge in [-0.2, -0.15) is 0 Å². The molecule has 0 unspecified atom stereocenters. The third-order valence-corrected chi connectivity index (χ3v) is 3.42. The molecule has 1 aliphatic rings. The fourth-order valence-corrected chi connectivity index (χ4v) is 2.21. The molecule has 3 nitrogen and oxygen atoms in total. The number of benzene rings is 1. The molecule has 1 aliphatic carbocycles. The van der Waals surface area contributed by atoms with Gasteiger partial charge < -0.3 is 5.32 Å². The van der Waals surface area contributed by atoms with Gasteiger partial charge in [-0.15, -0.1) is 0 Å². The molecule has 1 aromatic heterocycles. The summed E-state index contributed by atoms with van der Waals surface area (Å²) in [6.45, 7) is 4.07. The maximum atomic E-state index is 6.29. The molecule has 0 spiro atoms. The lowest BCUT2D eigenvalue weighted by Crippen LogP contribution is -2.08. The van der Waals surface area contributed by atoms with Crippen molar-refractivity contribution < 1.29 is 0 Å². The Morgan fingerprint density at radius 3 is 2.83 bits per heavy atom. The molecule has 0 radical (unpaired) electrons. The van der Waals surface area contributed by atoms with Gasteiger partial charge in [0.1, 0.15) is 0 Å². The molecule has 1 saturated carbocycles. The van der Waals surface area contributed by atoms with Crippen LogP contribution in [0.1, 0.15) is 24.1 Å². The second-order valence-electron chi connectivity index (χ2n) is 4.95. The monoisotopic (exact) mass is 261 g/mol. The van der Waals surface area contributed by atoms with E-state index in [0.717, 1.165) is 22.4 Å². The van der Waals surface area contributed by atoms with Crippen molar-refractivity contribution in [1.82, 2.24) is 9.55 Å². The number of nitrogens with zero attached hydrogens (tertiary/aromatic N) is 2. The Hall–Kier alpha value is -1.48. The lowest BCUT2D eigenvalue weighted by Gasteiger charge is -2.11. The summed E-state index contributed by atoms with van der Waals surface area (Å²) < 4.78 is 2.04. The van der Waals surface area contributed by atoms with E-state index < -0.39 is 0 Å². The molecule has 0 bridgehead atoms. The van der Waals surface area contributed by atoms with Gasteiger partial charge >= 0.3 is 0 Å². The first-order chi connectivity index (χ1) is 8.63. The first-order valence-corrected chi connectivity index (χ1v) is 6.60. The van der Waals surface area contributed by atoms with Crippen LogP contribution in [0.2, 0.25) is 5.02 Å². The van der Waals surface area contributed by atoms with Crippen molar-refractivity contribution in [2.24, 2.45) is 0 Å². The molecule has 3 rings (SSSR count). The molecule has 18 heavy (non-hydrogen) atoms. The summed E-state index contributed by atoms with van der Waals surface area (Å²) in [5.74, 6) is 0.891. The van der Waals surface area contributed by atoms with Gasteiger partial charge in [0.25, 0.3) is 0 Å². The van der Waals surface area contributed by atoms with Crippen molar-refractivity contribution in [3.05, 3.63) is 40.7 Å². The number of hydrogen-bond donors (Lipinski definition) is 1. The summed E-state index contributed by atoms with van der Waals surface area (Å²) in [6, 6.07) is 6.61. The highest BCUT2D eigenvalue weighted by atomic mass is 35.5. The van der Waals surface area contributed by atoms with Crippen LogP contribution in [0.15, 0.2) is 24.4 Å². The molecule has 1 N–H and O–H groups in total. The first kappa shape index (κ1) is 11.6. The summed E-state index contributed by atoms with van der Waals surface area (Å²) in [4.78, 5) is 4.53. The van der Waals surface area contributed by atoms with Crippen molar-refractivity contribution in [3.63, 3.8) is 0 Å². The topological polar surface area (TPSA) is 29.9 Å². The maximum absolute atomic E-state index is 6.29. The van der Waals surface area contributed by atoms with E-state index in [0.29, 0.717) is 6.04 Å². The van der Waals surface area contributed by atoms with Crippen molar-refractivity contribution in [2.45, 2.75) is 32.7 Å². The number of halogens is 1. The van der Waals surface area contributed by atoms with E-state index in [-0.39, 0.29) is 0 Å². The zero-order valence-electron chi connectivity index (χ0n) is 10.6. The highest BCUT2D eigenvalue weighted by Gasteiger charge is 2.23. The van der Waals surface area contributed by atoms with E-state index in [9.17, 15) is 0 Å². The average molecular weight is 262 g/mol. The van der Waals surface area contributed by atoms with Gasteiger partial charge in [-0.1, -0.05) is 17.7 Å². The second-order valence-corrected chi connectivity index (χ2v) is 5.36. The number of hydrogen-bond acceptors (Lipinski definition) is 2. The highest BCUT2D eigenvalue weighted by molar-refractivity contribution is 6.32. The predicted octanol–water partition coefficient (Wildman–Crippen LogP) is 3.72. The number of anilines is 1. The van der Waals surface area contributed by atoms with Gasteiger partial charge in [-0.25, -0.2) is 4.98 Å². The molecule has 0 saturated heterocycles. The van der Waals surface area contributed by atoms with Crippen LogP contribution < -0.4 is 5.32 Å². The quantitative estimate of drug-likeness (QED) is 0.913. The Morgan fingerprint density at radius 2 is 2.11 bits per heavy atom. The molecule has 2 aromatic rings. The molecule has 1 aromatic carbocycles. The molecule has 94 valence electrons. The average Bonchev–Trinajstić information content (AvgIpc) is 3.05. The number of imidazole rings is 1. The minimum Gasteiger partial charge on any atom is -0.353 e. The molecule has 0 aliphatic heterocycles. The Balaban J connectivity index is 2.06. The van der Waals surface area contributed by atoms with Crippen LogP contribution in [-0.2, 0) is 0 Å². The standard InChI is InChI=1S/C14H16ClN3/c1-9-3-6-12(15)13(7-9)18-8-10(2)16-14(18)17-11-4-5-11/h3,6-8,11H,4-5H2,1-2H3,(H,16,17). The van der Waals surface area contributed by atoms with E-state index in [4.69, 9.17) is 11.6 Å². The molecule has 1 fully saturated rings.